The van der Waals surface area contributed by atoms with E-state index in [1.54, 1.807) is 24.3 Å². The Morgan fingerprint density at radius 1 is 0.436 bits per heavy atom. The van der Waals surface area contributed by atoms with Crippen LogP contribution in [-0.2, 0) is 14.2 Å². The molecule has 0 aliphatic heterocycles. The number of aromatic carboxylic acids is 2. The quantitative estimate of drug-likeness (QED) is 0.159. The van der Waals surface area contributed by atoms with Crippen molar-refractivity contribution in [1.29, 1.82) is 0 Å². The molecular weight excluding hydrogens is 504 g/mol. The van der Waals surface area contributed by atoms with Gasteiger partial charge in [-0.3, -0.25) is 0 Å². The van der Waals surface area contributed by atoms with Crippen molar-refractivity contribution >= 4 is 11.9 Å². The van der Waals surface area contributed by atoms with E-state index in [-0.39, 0.29) is 11.1 Å². The van der Waals surface area contributed by atoms with Crippen LogP contribution in [0.2, 0.25) is 0 Å². The first-order valence-corrected chi connectivity index (χ1v) is 13.7. The molecule has 0 radical (unpaired) electrons. The van der Waals surface area contributed by atoms with Gasteiger partial charge in [0.05, 0.1) is 24.3 Å². The van der Waals surface area contributed by atoms with Crippen molar-refractivity contribution < 1.29 is 43.5 Å². The Balaban J connectivity index is 1.25. The molecule has 0 heterocycles. The highest BCUT2D eigenvalue weighted by Crippen LogP contribution is 2.13. The smallest absolute Gasteiger partial charge is 0.335 e. The van der Waals surface area contributed by atoms with E-state index in [0.717, 1.165) is 77.8 Å². The van der Waals surface area contributed by atoms with E-state index in [4.69, 9.17) is 33.9 Å². The zero-order valence-corrected chi connectivity index (χ0v) is 22.7. The van der Waals surface area contributed by atoms with Gasteiger partial charge >= 0.3 is 11.9 Å². The first-order chi connectivity index (χ1) is 19.1. The minimum atomic E-state index is -0.940. The fourth-order valence-electron chi connectivity index (χ4n) is 3.50. The Kier molecular flexibility index (Phi) is 17.1. The fourth-order valence-corrected chi connectivity index (χ4v) is 3.50. The molecule has 9 nitrogen and oxygen atoms in total. The molecule has 0 aliphatic rings. The number of carbonyl (C=O) groups is 2. The van der Waals surface area contributed by atoms with Crippen molar-refractivity contribution in [3.05, 3.63) is 59.7 Å². The lowest BCUT2D eigenvalue weighted by atomic mass is 10.2. The highest BCUT2D eigenvalue weighted by molar-refractivity contribution is 5.88. The number of carboxylic acid groups (broad SMARTS) is 2. The minimum Gasteiger partial charge on any atom is -0.494 e. The standard InChI is InChI=1S/C30H42O9/c31-29(32)25-9-13-27(14-10-25)38-23-7-5-21-36-19-3-1-17-35-18-2-4-20-37-22-6-8-24-39-28-15-11-26(12-16-28)30(33)34/h9-16H,1-8,17-24H2,(H,31,32)(H,33,34). The first kappa shape index (κ1) is 32.1. The summed E-state index contributed by atoms with van der Waals surface area (Å²) >= 11 is 0. The van der Waals surface area contributed by atoms with Crippen molar-refractivity contribution in [1.82, 2.24) is 0 Å². The van der Waals surface area contributed by atoms with Crippen molar-refractivity contribution in [3.8, 4) is 11.5 Å². The molecule has 0 fully saturated rings. The molecule has 2 aromatic rings. The third-order valence-electron chi connectivity index (χ3n) is 5.76. The van der Waals surface area contributed by atoms with Crippen LogP contribution in [0.5, 0.6) is 11.5 Å². The lowest BCUT2D eigenvalue weighted by Gasteiger charge is -2.08. The van der Waals surface area contributed by atoms with Gasteiger partial charge in [-0.25, -0.2) is 9.59 Å². The number of ether oxygens (including phenoxy) is 5. The number of hydrogen-bond acceptors (Lipinski definition) is 7. The lowest BCUT2D eigenvalue weighted by Crippen LogP contribution is -2.04. The SMILES string of the molecule is O=C(O)c1ccc(OCCCCOCCCCOCCCCOCCCCOc2ccc(C(=O)O)cc2)cc1. The molecule has 0 aliphatic carbocycles. The number of unbranched alkanes of at least 4 members (excludes halogenated alkanes) is 4. The van der Waals surface area contributed by atoms with E-state index in [9.17, 15) is 9.59 Å². The summed E-state index contributed by atoms with van der Waals surface area (Å²) in [4.78, 5) is 21.7. The van der Waals surface area contributed by atoms with Crippen LogP contribution < -0.4 is 9.47 Å². The maximum atomic E-state index is 10.8. The van der Waals surface area contributed by atoms with Crippen molar-refractivity contribution in [2.75, 3.05) is 52.9 Å². The monoisotopic (exact) mass is 546 g/mol. The molecule has 2 aromatic carbocycles. The van der Waals surface area contributed by atoms with Crippen LogP contribution in [0.3, 0.4) is 0 Å². The topological polar surface area (TPSA) is 121 Å². The van der Waals surface area contributed by atoms with E-state index in [1.165, 1.54) is 24.3 Å². The molecule has 0 unspecified atom stereocenters. The number of hydrogen-bond donors (Lipinski definition) is 2. The van der Waals surface area contributed by atoms with Crippen LogP contribution in [0.15, 0.2) is 48.5 Å². The fraction of sp³-hybridized carbons (Fsp3) is 0.533. The predicted molar refractivity (Wildman–Crippen MR) is 147 cm³/mol. The second kappa shape index (κ2) is 20.8. The number of rotatable bonds is 24. The van der Waals surface area contributed by atoms with Gasteiger partial charge in [-0.05, 0) is 99.9 Å². The summed E-state index contributed by atoms with van der Waals surface area (Å²) < 4.78 is 28.2. The first-order valence-electron chi connectivity index (χ1n) is 13.7. The summed E-state index contributed by atoms with van der Waals surface area (Å²) in [5.41, 5.74) is 0.507. The van der Waals surface area contributed by atoms with Crippen LogP contribution in [0, 0.1) is 0 Å². The predicted octanol–water partition coefficient (Wildman–Crippen LogP) is 5.71. The molecular formula is C30H42O9. The highest BCUT2D eigenvalue weighted by atomic mass is 16.5. The zero-order chi connectivity index (χ0) is 28.0. The highest BCUT2D eigenvalue weighted by Gasteiger charge is 2.03. The van der Waals surface area contributed by atoms with Gasteiger partial charge in [0, 0.05) is 39.6 Å². The number of carboxylic acids is 2. The summed E-state index contributed by atoms with van der Waals surface area (Å²) in [5, 5.41) is 17.8. The molecule has 216 valence electrons. The second-order valence-corrected chi connectivity index (χ2v) is 9.02. The molecule has 9 heteroatoms. The average Bonchev–Trinajstić information content (AvgIpc) is 2.94. The Morgan fingerprint density at radius 3 is 0.949 bits per heavy atom. The molecule has 0 saturated carbocycles. The van der Waals surface area contributed by atoms with E-state index < -0.39 is 11.9 Å². The van der Waals surface area contributed by atoms with E-state index in [2.05, 4.69) is 0 Å². The van der Waals surface area contributed by atoms with Gasteiger partial charge in [-0.15, -0.1) is 0 Å². The van der Waals surface area contributed by atoms with E-state index >= 15 is 0 Å². The molecule has 0 saturated heterocycles. The van der Waals surface area contributed by atoms with Crippen LogP contribution in [-0.4, -0.2) is 75.0 Å². The molecule has 0 bridgehead atoms. The maximum absolute atomic E-state index is 10.8. The summed E-state index contributed by atoms with van der Waals surface area (Å²) in [6.45, 7) is 5.54. The molecule has 2 N–H and O–H groups in total. The van der Waals surface area contributed by atoms with Gasteiger partial charge in [-0.1, -0.05) is 0 Å². The maximum Gasteiger partial charge on any atom is 0.335 e. The average molecular weight is 547 g/mol. The molecule has 0 amide bonds. The normalized spacial score (nSPS) is 10.9. The van der Waals surface area contributed by atoms with Crippen molar-refractivity contribution in [2.45, 2.75) is 51.4 Å². The summed E-state index contributed by atoms with van der Waals surface area (Å²) in [5.74, 6) is -0.526. The van der Waals surface area contributed by atoms with Crippen LogP contribution in [0.1, 0.15) is 72.1 Å². The van der Waals surface area contributed by atoms with Gasteiger partial charge in [0.25, 0.3) is 0 Å². The zero-order valence-electron chi connectivity index (χ0n) is 22.7. The second-order valence-electron chi connectivity index (χ2n) is 9.02. The Bertz CT molecular complexity index is 838. The van der Waals surface area contributed by atoms with Crippen LogP contribution in [0.25, 0.3) is 0 Å². The number of benzene rings is 2. The minimum absolute atomic E-state index is 0.253. The molecule has 0 atom stereocenters. The van der Waals surface area contributed by atoms with Crippen molar-refractivity contribution in [3.63, 3.8) is 0 Å². The van der Waals surface area contributed by atoms with E-state index in [0.29, 0.717) is 37.9 Å². The van der Waals surface area contributed by atoms with Crippen molar-refractivity contribution in [2.24, 2.45) is 0 Å². The van der Waals surface area contributed by atoms with Crippen LogP contribution in [0.4, 0.5) is 0 Å². The Morgan fingerprint density at radius 2 is 0.692 bits per heavy atom. The largest absolute Gasteiger partial charge is 0.494 e. The van der Waals surface area contributed by atoms with Gasteiger partial charge < -0.3 is 33.9 Å². The molecule has 2 rings (SSSR count). The summed E-state index contributed by atoms with van der Waals surface area (Å²) in [6, 6.07) is 12.8. The third kappa shape index (κ3) is 15.8. The van der Waals surface area contributed by atoms with Gasteiger partial charge in [0.1, 0.15) is 11.5 Å². The van der Waals surface area contributed by atoms with Crippen LogP contribution >= 0.6 is 0 Å². The Hall–Kier alpha value is -3.14. The molecule has 39 heavy (non-hydrogen) atoms. The van der Waals surface area contributed by atoms with Gasteiger partial charge in [0.2, 0.25) is 0 Å². The van der Waals surface area contributed by atoms with E-state index in [1.807, 2.05) is 0 Å². The summed E-state index contributed by atoms with van der Waals surface area (Å²) in [7, 11) is 0. The summed E-state index contributed by atoms with van der Waals surface area (Å²) in [6.07, 6.45) is 7.53. The molecule has 0 aromatic heterocycles. The molecule has 0 spiro atoms. The van der Waals surface area contributed by atoms with Gasteiger partial charge in [0.15, 0.2) is 0 Å². The lowest BCUT2D eigenvalue weighted by molar-refractivity contribution is 0.0686. The third-order valence-corrected chi connectivity index (χ3v) is 5.76. The Labute approximate surface area is 231 Å². The van der Waals surface area contributed by atoms with Gasteiger partial charge in [-0.2, -0.15) is 0 Å².